The van der Waals surface area contributed by atoms with Gasteiger partial charge in [0.15, 0.2) is 12.1 Å². The molecule has 0 bridgehead atoms. The van der Waals surface area contributed by atoms with Crippen molar-refractivity contribution in [3.8, 4) is 0 Å². The van der Waals surface area contributed by atoms with Gasteiger partial charge in [-0.25, -0.2) is 4.98 Å². The molecule has 1 atom stereocenters. The molecule has 19 heavy (non-hydrogen) atoms. The van der Waals surface area contributed by atoms with Crippen molar-refractivity contribution in [2.75, 3.05) is 18.0 Å². The van der Waals surface area contributed by atoms with Gasteiger partial charge in [-0.3, -0.25) is 9.20 Å². The number of rotatable bonds is 2. The Bertz CT molecular complexity index is 590. The lowest BCUT2D eigenvalue weighted by molar-refractivity contribution is 0.111. The summed E-state index contributed by atoms with van der Waals surface area (Å²) in [6.07, 6.45) is 6.43. The van der Waals surface area contributed by atoms with Gasteiger partial charge in [0.1, 0.15) is 11.3 Å². The fourth-order valence-electron chi connectivity index (χ4n) is 2.82. The number of aldehydes is 1. The molecule has 3 rings (SSSR count). The standard InChI is InChI=1S/C15H19N3O/c1-12-5-4-8-17(10-7-12)15-13(11-19)18-9-3-2-6-14(18)16-15/h2-3,6,9,11-12H,4-5,7-8,10H2,1H3. The van der Waals surface area contributed by atoms with Crippen LogP contribution in [-0.4, -0.2) is 28.8 Å². The molecule has 0 spiro atoms. The first-order valence-corrected chi connectivity index (χ1v) is 6.97. The maximum atomic E-state index is 11.4. The lowest BCUT2D eigenvalue weighted by atomic mass is 10.0. The van der Waals surface area contributed by atoms with Gasteiger partial charge in [-0.05, 0) is 37.3 Å². The van der Waals surface area contributed by atoms with Gasteiger partial charge in [0, 0.05) is 19.3 Å². The quantitative estimate of drug-likeness (QED) is 0.776. The van der Waals surface area contributed by atoms with Crippen molar-refractivity contribution in [1.82, 2.24) is 9.38 Å². The second-order valence-corrected chi connectivity index (χ2v) is 5.39. The lowest BCUT2D eigenvalue weighted by Crippen LogP contribution is -2.25. The van der Waals surface area contributed by atoms with Crippen LogP contribution in [0.25, 0.3) is 5.65 Å². The molecular weight excluding hydrogens is 238 g/mol. The van der Waals surface area contributed by atoms with Crippen LogP contribution in [0.2, 0.25) is 0 Å². The fourth-order valence-corrected chi connectivity index (χ4v) is 2.82. The zero-order valence-electron chi connectivity index (χ0n) is 11.2. The predicted molar refractivity (Wildman–Crippen MR) is 75.8 cm³/mol. The van der Waals surface area contributed by atoms with E-state index in [1.807, 2.05) is 28.8 Å². The normalized spacial score (nSPS) is 20.5. The minimum absolute atomic E-state index is 0.671. The molecule has 0 amide bonds. The second-order valence-electron chi connectivity index (χ2n) is 5.39. The van der Waals surface area contributed by atoms with Gasteiger partial charge in [-0.2, -0.15) is 0 Å². The van der Waals surface area contributed by atoms with E-state index in [4.69, 9.17) is 0 Å². The summed E-state index contributed by atoms with van der Waals surface area (Å²) in [5.41, 5.74) is 1.52. The molecular formula is C15H19N3O. The molecule has 2 aromatic heterocycles. The Morgan fingerprint density at radius 2 is 2.21 bits per heavy atom. The first kappa shape index (κ1) is 12.2. The summed E-state index contributed by atoms with van der Waals surface area (Å²) in [5, 5.41) is 0. The van der Waals surface area contributed by atoms with Gasteiger partial charge in [-0.15, -0.1) is 0 Å². The number of pyridine rings is 1. The summed E-state index contributed by atoms with van der Waals surface area (Å²) in [4.78, 5) is 18.3. The maximum Gasteiger partial charge on any atom is 0.170 e. The van der Waals surface area contributed by atoms with Gasteiger partial charge >= 0.3 is 0 Å². The number of anilines is 1. The van der Waals surface area contributed by atoms with Crippen molar-refractivity contribution < 1.29 is 4.79 Å². The van der Waals surface area contributed by atoms with Crippen molar-refractivity contribution >= 4 is 17.8 Å². The zero-order chi connectivity index (χ0) is 13.2. The fraction of sp³-hybridized carbons (Fsp3) is 0.467. The monoisotopic (exact) mass is 257 g/mol. The highest BCUT2D eigenvalue weighted by Gasteiger charge is 2.20. The molecule has 2 aromatic rings. The Kier molecular flexibility index (Phi) is 3.23. The Labute approximate surface area is 113 Å². The number of nitrogens with zero attached hydrogens (tertiary/aromatic N) is 3. The molecule has 1 unspecified atom stereocenters. The highest BCUT2D eigenvalue weighted by atomic mass is 16.1. The SMILES string of the molecule is CC1CCCN(c2nc3ccccn3c2C=O)CC1. The molecule has 0 saturated carbocycles. The van der Waals surface area contributed by atoms with E-state index in [0.717, 1.165) is 36.8 Å². The van der Waals surface area contributed by atoms with Crippen LogP contribution in [0.5, 0.6) is 0 Å². The molecule has 0 N–H and O–H groups in total. The van der Waals surface area contributed by atoms with E-state index < -0.39 is 0 Å². The summed E-state index contributed by atoms with van der Waals surface area (Å²) in [6.45, 7) is 4.29. The second kappa shape index (κ2) is 5.03. The third kappa shape index (κ3) is 2.23. The molecule has 0 aromatic carbocycles. The van der Waals surface area contributed by atoms with Gasteiger partial charge in [0.25, 0.3) is 0 Å². The Balaban J connectivity index is 2.01. The minimum Gasteiger partial charge on any atom is -0.355 e. The molecule has 0 aliphatic carbocycles. The van der Waals surface area contributed by atoms with Crippen LogP contribution in [-0.2, 0) is 0 Å². The first-order chi connectivity index (χ1) is 9.29. The molecule has 1 aliphatic heterocycles. The van der Waals surface area contributed by atoms with E-state index in [2.05, 4.69) is 16.8 Å². The topological polar surface area (TPSA) is 37.6 Å². The van der Waals surface area contributed by atoms with E-state index in [9.17, 15) is 4.79 Å². The van der Waals surface area contributed by atoms with Crippen molar-refractivity contribution in [2.45, 2.75) is 26.2 Å². The van der Waals surface area contributed by atoms with Crippen molar-refractivity contribution in [2.24, 2.45) is 5.92 Å². The number of imidazole rings is 1. The molecule has 1 saturated heterocycles. The summed E-state index contributed by atoms with van der Waals surface area (Å²) in [7, 11) is 0. The zero-order valence-corrected chi connectivity index (χ0v) is 11.2. The molecule has 4 heteroatoms. The maximum absolute atomic E-state index is 11.4. The number of hydrogen-bond donors (Lipinski definition) is 0. The summed E-state index contributed by atoms with van der Waals surface area (Å²) < 4.78 is 1.87. The van der Waals surface area contributed by atoms with Crippen LogP contribution in [0, 0.1) is 5.92 Å². The van der Waals surface area contributed by atoms with Crippen molar-refractivity contribution in [3.05, 3.63) is 30.1 Å². The summed E-state index contributed by atoms with van der Waals surface area (Å²) >= 11 is 0. The number of carbonyl (C=O) groups excluding carboxylic acids is 1. The molecule has 100 valence electrons. The molecule has 0 radical (unpaired) electrons. The van der Waals surface area contributed by atoms with Crippen LogP contribution >= 0.6 is 0 Å². The summed E-state index contributed by atoms with van der Waals surface area (Å²) in [5.74, 6) is 1.61. The number of aromatic nitrogens is 2. The van der Waals surface area contributed by atoms with E-state index >= 15 is 0 Å². The highest BCUT2D eigenvalue weighted by Crippen LogP contribution is 2.25. The van der Waals surface area contributed by atoms with E-state index in [1.54, 1.807) is 0 Å². The third-order valence-corrected chi connectivity index (χ3v) is 3.98. The number of hydrogen-bond acceptors (Lipinski definition) is 3. The van der Waals surface area contributed by atoms with Gasteiger partial charge in [-0.1, -0.05) is 13.0 Å². The average molecular weight is 257 g/mol. The Morgan fingerprint density at radius 1 is 1.32 bits per heavy atom. The van der Waals surface area contributed by atoms with Crippen LogP contribution in [0.4, 0.5) is 5.82 Å². The van der Waals surface area contributed by atoms with E-state index in [-0.39, 0.29) is 0 Å². The third-order valence-electron chi connectivity index (χ3n) is 3.98. The van der Waals surface area contributed by atoms with Gasteiger partial charge in [0.05, 0.1) is 0 Å². The van der Waals surface area contributed by atoms with Crippen molar-refractivity contribution in [3.63, 3.8) is 0 Å². The summed E-state index contributed by atoms with van der Waals surface area (Å²) in [6, 6.07) is 5.82. The highest BCUT2D eigenvalue weighted by molar-refractivity contribution is 5.83. The van der Waals surface area contributed by atoms with E-state index in [1.165, 1.54) is 19.3 Å². The Morgan fingerprint density at radius 3 is 3.05 bits per heavy atom. The largest absolute Gasteiger partial charge is 0.355 e. The Hall–Kier alpha value is -1.84. The number of carbonyl (C=O) groups is 1. The average Bonchev–Trinajstić information content (AvgIpc) is 2.67. The van der Waals surface area contributed by atoms with Crippen LogP contribution in [0.1, 0.15) is 36.7 Å². The van der Waals surface area contributed by atoms with Crippen LogP contribution in [0.3, 0.4) is 0 Å². The van der Waals surface area contributed by atoms with E-state index in [0.29, 0.717) is 5.69 Å². The number of fused-ring (bicyclic) bond motifs is 1. The van der Waals surface area contributed by atoms with Crippen molar-refractivity contribution in [1.29, 1.82) is 0 Å². The molecule has 1 fully saturated rings. The van der Waals surface area contributed by atoms with Crippen LogP contribution in [0.15, 0.2) is 24.4 Å². The smallest absolute Gasteiger partial charge is 0.170 e. The minimum atomic E-state index is 0.671. The molecule has 4 nitrogen and oxygen atoms in total. The molecule has 1 aliphatic rings. The molecule has 3 heterocycles. The van der Waals surface area contributed by atoms with Gasteiger partial charge in [0.2, 0.25) is 0 Å². The van der Waals surface area contributed by atoms with Gasteiger partial charge < -0.3 is 4.90 Å². The predicted octanol–water partition coefficient (Wildman–Crippen LogP) is 2.77. The lowest BCUT2D eigenvalue weighted by Gasteiger charge is -2.20. The first-order valence-electron chi connectivity index (χ1n) is 6.97. The van der Waals surface area contributed by atoms with Crippen LogP contribution < -0.4 is 4.90 Å².